The molecule has 6 heteroatoms. The van der Waals surface area contributed by atoms with Crippen LogP contribution in [-0.4, -0.2) is 11.9 Å². The maximum atomic E-state index is 11.4. The van der Waals surface area contributed by atoms with Crippen molar-refractivity contribution in [1.29, 1.82) is 10.7 Å². The highest BCUT2D eigenvalue weighted by atomic mass is 16.1. The van der Waals surface area contributed by atoms with Crippen LogP contribution in [0.2, 0.25) is 0 Å². The first-order valence-electron chi connectivity index (χ1n) is 4.04. The summed E-state index contributed by atoms with van der Waals surface area (Å²) in [6.07, 6.45) is 1.52. The van der Waals surface area contributed by atoms with Gasteiger partial charge in [0.25, 0.3) is 5.91 Å². The number of benzene rings is 1. The molecule has 76 valence electrons. The van der Waals surface area contributed by atoms with E-state index in [0.717, 1.165) is 0 Å². The number of carbonyl (C=O) groups is 1. The van der Waals surface area contributed by atoms with Crippen LogP contribution in [0, 0.1) is 16.9 Å². The van der Waals surface area contributed by atoms with Crippen LogP contribution in [0.5, 0.6) is 0 Å². The summed E-state index contributed by atoms with van der Waals surface area (Å²) in [5.74, 6) is -0.861. The molecule has 0 heterocycles. The zero-order valence-electron chi connectivity index (χ0n) is 7.74. The van der Waals surface area contributed by atoms with Gasteiger partial charge in [0, 0.05) is 11.3 Å². The van der Waals surface area contributed by atoms with Crippen molar-refractivity contribution < 1.29 is 4.79 Å². The molecule has 0 aliphatic rings. The molecule has 5 N–H and O–H groups in total. The lowest BCUT2D eigenvalue weighted by Crippen LogP contribution is -2.37. The van der Waals surface area contributed by atoms with Crippen LogP contribution in [0.25, 0.3) is 0 Å². The van der Waals surface area contributed by atoms with Gasteiger partial charge in [0.15, 0.2) is 6.19 Å². The van der Waals surface area contributed by atoms with Crippen LogP contribution in [0.3, 0.4) is 0 Å². The number of nitrogens with one attached hydrogen (secondary N) is 3. The van der Waals surface area contributed by atoms with E-state index in [2.05, 4.69) is 5.32 Å². The lowest BCUT2D eigenvalue weighted by Gasteiger charge is -2.04. The maximum Gasteiger partial charge on any atom is 0.258 e. The lowest BCUT2D eigenvalue weighted by molar-refractivity contribution is 0.0976. The number of guanidine groups is 1. The second-order valence-corrected chi connectivity index (χ2v) is 2.69. The number of nitrogens with two attached hydrogens (primary N) is 1. The van der Waals surface area contributed by atoms with Crippen LogP contribution in [0.4, 0.5) is 5.69 Å². The van der Waals surface area contributed by atoms with Gasteiger partial charge in [0.1, 0.15) is 0 Å². The predicted molar refractivity (Wildman–Crippen MR) is 54.8 cm³/mol. The number of nitrogen functional groups attached to an aromatic ring is 1. The maximum absolute atomic E-state index is 11.4. The quantitative estimate of drug-likeness (QED) is 0.169. The molecule has 6 nitrogen and oxygen atoms in total. The Bertz CT molecular complexity index is 434. The van der Waals surface area contributed by atoms with Crippen LogP contribution in [0.15, 0.2) is 24.3 Å². The Hall–Kier alpha value is -2.55. The second-order valence-electron chi connectivity index (χ2n) is 2.69. The average molecular weight is 203 g/mol. The highest BCUT2D eigenvalue weighted by molar-refractivity contribution is 6.05. The lowest BCUT2D eigenvalue weighted by atomic mass is 10.2. The summed E-state index contributed by atoms with van der Waals surface area (Å²) in [6, 6.07) is 6.32. The fourth-order valence-electron chi connectivity index (χ4n) is 0.953. The molecule has 1 aromatic carbocycles. The monoisotopic (exact) mass is 203 g/mol. The molecular formula is C9H9N5O. The zero-order valence-corrected chi connectivity index (χ0v) is 7.74. The van der Waals surface area contributed by atoms with Gasteiger partial charge in [-0.15, -0.1) is 0 Å². The van der Waals surface area contributed by atoms with E-state index in [1.807, 2.05) is 5.32 Å². The summed E-state index contributed by atoms with van der Waals surface area (Å²) < 4.78 is 0. The molecule has 0 fully saturated rings. The van der Waals surface area contributed by atoms with Gasteiger partial charge in [-0.05, 0) is 18.2 Å². The summed E-state index contributed by atoms with van der Waals surface area (Å²) in [5, 5.41) is 19.5. The van der Waals surface area contributed by atoms with Crippen molar-refractivity contribution in [2.45, 2.75) is 0 Å². The summed E-state index contributed by atoms with van der Waals surface area (Å²) in [7, 11) is 0. The third kappa shape index (κ3) is 3.00. The highest BCUT2D eigenvalue weighted by Gasteiger charge is 2.06. The van der Waals surface area contributed by atoms with Crippen molar-refractivity contribution in [3.8, 4) is 6.19 Å². The molecule has 15 heavy (non-hydrogen) atoms. The first-order chi connectivity index (χ1) is 7.13. The van der Waals surface area contributed by atoms with Crippen molar-refractivity contribution in [2.24, 2.45) is 0 Å². The fraction of sp³-hybridized carbons (Fsp3) is 0. The Morgan fingerprint density at radius 3 is 2.87 bits per heavy atom. The van der Waals surface area contributed by atoms with Crippen LogP contribution >= 0.6 is 0 Å². The van der Waals surface area contributed by atoms with Crippen molar-refractivity contribution >= 4 is 17.6 Å². The minimum atomic E-state index is -0.491. The summed E-state index contributed by atoms with van der Waals surface area (Å²) in [4.78, 5) is 11.4. The normalized spacial score (nSPS) is 8.73. The molecule has 0 unspecified atom stereocenters. The van der Waals surface area contributed by atoms with Gasteiger partial charge in [-0.25, -0.2) is 0 Å². The Morgan fingerprint density at radius 2 is 2.27 bits per heavy atom. The van der Waals surface area contributed by atoms with Gasteiger partial charge >= 0.3 is 0 Å². The van der Waals surface area contributed by atoms with E-state index < -0.39 is 5.91 Å². The summed E-state index contributed by atoms with van der Waals surface area (Å²) in [5.41, 5.74) is 6.28. The van der Waals surface area contributed by atoms with Gasteiger partial charge in [-0.3, -0.25) is 20.8 Å². The number of amides is 1. The molecular weight excluding hydrogens is 194 g/mol. The standard InChI is InChI=1S/C9H9N5O/c10-5-13-9(12)14-8(15)6-2-1-3-7(11)4-6/h1-4H,11H2,(H3,12,13,14,15). The van der Waals surface area contributed by atoms with E-state index in [-0.39, 0.29) is 5.96 Å². The third-order valence-electron chi connectivity index (χ3n) is 1.57. The molecule has 1 amide bonds. The Balaban J connectivity index is 2.70. The molecule has 0 spiro atoms. The first-order valence-corrected chi connectivity index (χ1v) is 4.04. The molecule has 0 aromatic heterocycles. The number of hydrogen-bond donors (Lipinski definition) is 4. The summed E-state index contributed by atoms with van der Waals surface area (Å²) in [6.45, 7) is 0. The molecule has 0 saturated heterocycles. The largest absolute Gasteiger partial charge is 0.399 e. The molecule has 0 aliphatic heterocycles. The predicted octanol–water partition coefficient (Wildman–Crippen LogP) is 0.00405. The molecule has 1 aromatic rings. The van der Waals surface area contributed by atoms with Crippen LogP contribution in [0.1, 0.15) is 10.4 Å². The topological polar surface area (TPSA) is 115 Å². The number of nitriles is 1. The minimum Gasteiger partial charge on any atom is -0.399 e. The van der Waals surface area contributed by atoms with E-state index in [4.69, 9.17) is 16.4 Å². The molecule has 0 saturated carbocycles. The minimum absolute atomic E-state index is 0.333. The zero-order chi connectivity index (χ0) is 11.3. The SMILES string of the molecule is N#CNC(=N)NC(=O)c1cccc(N)c1. The van der Waals surface area contributed by atoms with E-state index in [1.54, 1.807) is 18.2 Å². The highest BCUT2D eigenvalue weighted by Crippen LogP contribution is 2.05. The van der Waals surface area contributed by atoms with Crippen molar-refractivity contribution in [2.75, 3.05) is 5.73 Å². The van der Waals surface area contributed by atoms with E-state index in [0.29, 0.717) is 11.3 Å². The number of anilines is 1. The Morgan fingerprint density at radius 1 is 1.53 bits per heavy atom. The first kappa shape index (κ1) is 10.5. The van der Waals surface area contributed by atoms with E-state index in [9.17, 15) is 4.79 Å². The van der Waals surface area contributed by atoms with Crippen molar-refractivity contribution in [1.82, 2.24) is 10.6 Å². The Kier molecular flexibility index (Phi) is 3.24. The smallest absolute Gasteiger partial charge is 0.258 e. The molecule has 0 radical (unpaired) electrons. The van der Waals surface area contributed by atoms with Gasteiger partial charge in [0.2, 0.25) is 5.96 Å². The molecule has 0 atom stereocenters. The third-order valence-corrected chi connectivity index (χ3v) is 1.57. The van der Waals surface area contributed by atoms with Crippen molar-refractivity contribution in [3.63, 3.8) is 0 Å². The van der Waals surface area contributed by atoms with Gasteiger partial charge < -0.3 is 5.73 Å². The van der Waals surface area contributed by atoms with Crippen LogP contribution < -0.4 is 16.4 Å². The summed E-state index contributed by atoms with van der Waals surface area (Å²) >= 11 is 0. The van der Waals surface area contributed by atoms with Crippen molar-refractivity contribution in [3.05, 3.63) is 29.8 Å². The fourth-order valence-corrected chi connectivity index (χ4v) is 0.953. The molecule has 1 rings (SSSR count). The second kappa shape index (κ2) is 4.62. The molecule has 0 bridgehead atoms. The average Bonchev–Trinajstić information content (AvgIpc) is 2.18. The van der Waals surface area contributed by atoms with Gasteiger partial charge in [-0.1, -0.05) is 6.07 Å². The van der Waals surface area contributed by atoms with E-state index in [1.165, 1.54) is 12.3 Å². The number of nitrogens with zero attached hydrogens (tertiary/aromatic N) is 1. The van der Waals surface area contributed by atoms with Gasteiger partial charge in [0.05, 0.1) is 0 Å². The van der Waals surface area contributed by atoms with E-state index >= 15 is 0 Å². The molecule has 0 aliphatic carbocycles. The number of rotatable bonds is 1. The van der Waals surface area contributed by atoms with Crippen LogP contribution in [-0.2, 0) is 0 Å². The van der Waals surface area contributed by atoms with Gasteiger partial charge in [-0.2, -0.15) is 5.26 Å². The number of hydrogen-bond acceptors (Lipinski definition) is 4. The Labute approximate surface area is 86.2 Å². The number of carbonyl (C=O) groups excluding carboxylic acids is 1.